The minimum absolute atomic E-state index is 0.0824. The van der Waals surface area contributed by atoms with Crippen LogP contribution in [0.25, 0.3) is 11.0 Å². The first-order valence-electron chi connectivity index (χ1n) is 10.5. The molecule has 1 aromatic carbocycles. The van der Waals surface area contributed by atoms with Gasteiger partial charge in [-0.05, 0) is 44.0 Å². The molecule has 2 N–H and O–H groups in total. The Hall–Kier alpha value is -3.48. The molecule has 1 fully saturated rings. The number of halogens is 1. The van der Waals surface area contributed by atoms with Crippen LogP contribution in [0.15, 0.2) is 24.3 Å². The Morgan fingerprint density at radius 3 is 2.82 bits per heavy atom. The summed E-state index contributed by atoms with van der Waals surface area (Å²) < 4.78 is 5.46. The number of nitriles is 1. The molecule has 1 aliphatic rings. The third-order valence-electron chi connectivity index (χ3n) is 5.71. The SMILES string of the molecule is CO[C@@H]1CCN(c2nc3c([C@@H](C)Nc4ccc(Cl)nc4C(=O)O)cc(C)cc3nc2C#N)C1. The van der Waals surface area contributed by atoms with Gasteiger partial charge >= 0.3 is 5.97 Å². The highest BCUT2D eigenvalue weighted by atomic mass is 35.5. The first kappa shape index (κ1) is 22.7. The Morgan fingerprint density at radius 2 is 2.15 bits per heavy atom. The quantitative estimate of drug-likeness (QED) is 0.519. The second-order valence-electron chi connectivity index (χ2n) is 8.02. The molecule has 0 spiro atoms. The largest absolute Gasteiger partial charge is 0.476 e. The number of hydrogen-bond acceptors (Lipinski definition) is 8. The number of ether oxygens (including phenoxy) is 1. The lowest BCUT2D eigenvalue weighted by atomic mass is 10.0. The molecule has 3 aromatic rings. The second kappa shape index (κ2) is 9.17. The van der Waals surface area contributed by atoms with Gasteiger partial charge in [0.15, 0.2) is 17.2 Å². The number of fused-ring (bicyclic) bond motifs is 1. The summed E-state index contributed by atoms with van der Waals surface area (Å²) >= 11 is 5.88. The molecule has 0 aliphatic carbocycles. The lowest BCUT2D eigenvalue weighted by Crippen LogP contribution is -2.24. The van der Waals surface area contributed by atoms with Gasteiger partial charge in [-0.25, -0.2) is 19.7 Å². The number of nitrogens with zero attached hydrogens (tertiary/aromatic N) is 5. The monoisotopic (exact) mass is 466 g/mol. The van der Waals surface area contributed by atoms with Crippen LogP contribution in [0.1, 0.15) is 46.7 Å². The average Bonchev–Trinajstić information content (AvgIpc) is 3.27. The van der Waals surface area contributed by atoms with Crippen molar-refractivity contribution in [2.75, 3.05) is 30.4 Å². The number of rotatable bonds is 6. The molecular formula is C23H23ClN6O3. The summed E-state index contributed by atoms with van der Waals surface area (Å²) in [7, 11) is 1.68. The van der Waals surface area contributed by atoms with Crippen molar-refractivity contribution >= 4 is 40.1 Å². The first-order chi connectivity index (χ1) is 15.8. The maximum Gasteiger partial charge on any atom is 0.356 e. The predicted molar refractivity (Wildman–Crippen MR) is 125 cm³/mol. The van der Waals surface area contributed by atoms with Gasteiger partial charge in [-0.1, -0.05) is 17.7 Å². The number of carboxylic acids is 1. The van der Waals surface area contributed by atoms with Crippen molar-refractivity contribution < 1.29 is 14.6 Å². The van der Waals surface area contributed by atoms with Crippen LogP contribution >= 0.6 is 11.6 Å². The summed E-state index contributed by atoms with van der Waals surface area (Å²) in [6, 6.07) is 8.84. The van der Waals surface area contributed by atoms with Gasteiger partial charge in [0.05, 0.1) is 28.9 Å². The number of carbonyl (C=O) groups is 1. The average molecular weight is 467 g/mol. The molecule has 3 heterocycles. The predicted octanol–water partition coefficient (Wildman–Crippen LogP) is 3.95. The van der Waals surface area contributed by atoms with Crippen molar-refractivity contribution in [1.29, 1.82) is 5.26 Å². The lowest BCUT2D eigenvalue weighted by molar-refractivity contribution is 0.0691. The van der Waals surface area contributed by atoms with E-state index in [2.05, 4.69) is 21.4 Å². The molecule has 9 nitrogen and oxygen atoms in total. The van der Waals surface area contributed by atoms with E-state index < -0.39 is 5.97 Å². The van der Waals surface area contributed by atoms with Gasteiger partial charge in [-0.3, -0.25) is 0 Å². The van der Waals surface area contributed by atoms with Gasteiger partial charge < -0.3 is 20.1 Å². The highest BCUT2D eigenvalue weighted by Gasteiger charge is 2.27. The Kier molecular flexibility index (Phi) is 6.31. The summed E-state index contributed by atoms with van der Waals surface area (Å²) in [5.74, 6) is -0.648. The summed E-state index contributed by atoms with van der Waals surface area (Å²) in [5, 5.41) is 22.6. The standard InChI is InChI=1S/C23H23ClN6O3/c1-12-8-15(13(2)26-16-4-5-19(24)28-21(16)23(31)32)20-17(9-12)27-18(10-25)22(29-20)30-7-6-14(11-30)33-3/h4-5,8-9,13-14,26H,6-7,11H2,1-3H3,(H,31,32)/t13-,14-/m1/s1. The molecule has 1 saturated heterocycles. The van der Waals surface area contributed by atoms with Crippen LogP contribution in [-0.4, -0.2) is 52.3 Å². The van der Waals surface area contributed by atoms with Crippen molar-refractivity contribution in [1.82, 2.24) is 15.0 Å². The van der Waals surface area contributed by atoms with Crippen LogP contribution in [0.3, 0.4) is 0 Å². The molecule has 2 atom stereocenters. The topological polar surface area (TPSA) is 124 Å². The van der Waals surface area contributed by atoms with Crippen LogP contribution in [0.4, 0.5) is 11.5 Å². The summed E-state index contributed by atoms with van der Waals surface area (Å²) in [4.78, 5) is 27.1. The lowest BCUT2D eigenvalue weighted by Gasteiger charge is -2.22. The number of methoxy groups -OCH3 is 1. The van der Waals surface area contributed by atoms with Crippen LogP contribution in [0.2, 0.25) is 5.15 Å². The number of aryl methyl sites for hydroxylation is 1. The fourth-order valence-electron chi connectivity index (χ4n) is 4.09. The number of benzene rings is 1. The normalized spacial score (nSPS) is 16.6. The summed E-state index contributed by atoms with van der Waals surface area (Å²) in [6.45, 7) is 5.21. The molecule has 0 radical (unpaired) electrons. The van der Waals surface area contributed by atoms with Gasteiger partial charge in [0.1, 0.15) is 11.2 Å². The molecule has 0 saturated carbocycles. The molecule has 170 valence electrons. The van der Waals surface area contributed by atoms with Crippen molar-refractivity contribution in [3.63, 3.8) is 0 Å². The first-order valence-corrected chi connectivity index (χ1v) is 10.8. The van der Waals surface area contributed by atoms with Gasteiger partial charge in [-0.2, -0.15) is 5.26 Å². The number of nitrogens with one attached hydrogen (secondary N) is 1. The number of anilines is 2. The summed E-state index contributed by atoms with van der Waals surface area (Å²) in [5.41, 5.74) is 3.49. The van der Waals surface area contributed by atoms with E-state index in [1.165, 1.54) is 6.07 Å². The van der Waals surface area contributed by atoms with Gasteiger partial charge in [-0.15, -0.1) is 0 Å². The smallest absolute Gasteiger partial charge is 0.356 e. The zero-order chi connectivity index (χ0) is 23.7. The number of aromatic carboxylic acids is 1. The molecule has 2 aromatic heterocycles. The third-order valence-corrected chi connectivity index (χ3v) is 5.92. The van der Waals surface area contributed by atoms with E-state index in [4.69, 9.17) is 21.3 Å². The van der Waals surface area contributed by atoms with Crippen LogP contribution in [0, 0.1) is 18.3 Å². The molecule has 0 amide bonds. The minimum atomic E-state index is -1.18. The van der Waals surface area contributed by atoms with Gasteiger partial charge in [0.25, 0.3) is 0 Å². The van der Waals surface area contributed by atoms with Gasteiger partial charge in [0.2, 0.25) is 0 Å². The van der Waals surface area contributed by atoms with Crippen molar-refractivity contribution in [2.24, 2.45) is 0 Å². The van der Waals surface area contributed by atoms with E-state index in [0.29, 0.717) is 29.1 Å². The Balaban J connectivity index is 1.78. The van der Waals surface area contributed by atoms with Crippen molar-refractivity contribution in [2.45, 2.75) is 32.4 Å². The van der Waals surface area contributed by atoms with E-state index in [1.54, 1.807) is 13.2 Å². The molecule has 10 heteroatoms. The second-order valence-corrected chi connectivity index (χ2v) is 8.41. The van der Waals surface area contributed by atoms with Crippen molar-refractivity contribution in [3.8, 4) is 6.07 Å². The number of carboxylic acid groups (broad SMARTS) is 1. The van der Waals surface area contributed by atoms with Crippen molar-refractivity contribution in [3.05, 3.63) is 51.9 Å². The maximum atomic E-state index is 11.6. The number of aromatic nitrogens is 3. The van der Waals surface area contributed by atoms with E-state index in [1.807, 2.05) is 30.9 Å². The highest BCUT2D eigenvalue weighted by molar-refractivity contribution is 6.29. The Bertz CT molecular complexity index is 1280. The fraction of sp³-hybridized carbons (Fsp3) is 0.348. The number of hydrogen-bond donors (Lipinski definition) is 2. The minimum Gasteiger partial charge on any atom is -0.476 e. The number of pyridine rings is 1. The zero-order valence-electron chi connectivity index (χ0n) is 18.5. The fourth-order valence-corrected chi connectivity index (χ4v) is 4.24. The molecular weight excluding hydrogens is 444 g/mol. The Labute approximate surface area is 196 Å². The molecule has 0 bridgehead atoms. The van der Waals surface area contributed by atoms with E-state index in [9.17, 15) is 15.2 Å². The van der Waals surface area contributed by atoms with E-state index in [0.717, 1.165) is 24.1 Å². The van der Waals surface area contributed by atoms with Crippen LogP contribution < -0.4 is 10.2 Å². The summed E-state index contributed by atoms with van der Waals surface area (Å²) in [6.07, 6.45) is 0.931. The third kappa shape index (κ3) is 4.53. The maximum absolute atomic E-state index is 11.6. The molecule has 4 rings (SSSR count). The van der Waals surface area contributed by atoms with E-state index in [-0.39, 0.29) is 28.7 Å². The van der Waals surface area contributed by atoms with Crippen LogP contribution in [-0.2, 0) is 4.74 Å². The Morgan fingerprint density at radius 1 is 1.36 bits per heavy atom. The van der Waals surface area contributed by atoms with Gasteiger partial charge in [0, 0.05) is 25.8 Å². The zero-order valence-corrected chi connectivity index (χ0v) is 19.2. The van der Waals surface area contributed by atoms with E-state index >= 15 is 0 Å². The molecule has 0 unspecified atom stereocenters. The molecule has 33 heavy (non-hydrogen) atoms. The van der Waals surface area contributed by atoms with Crippen LogP contribution in [0.5, 0.6) is 0 Å². The molecule has 1 aliphatic heterocycles. The highest BCUT2D eigenvalue weighted by Crippen LogP contribution is 2.31.